The van der Waals surface area contributed by atoms with Crippen molar-refractivity contribution in [3.05, 3.63) is 29.8 Å². The van der Waals surface area contributed by atoms with E-state index in [1.165, 1.54) is 0 Å². The van der Waals surface area contributed by atoms with Gasteiger partial charge in [-0.3, -0.25) is 0 Å². The molecule has 0 radical (unpaired) electrons. The normalized spacial score (nSPS) is 13.5. The van der Waals surface area contributed by atoms with Crippen molar-refractivity contribution in [2.24, 2.45) is 0 Å². The lowest BCUT2D eigenvalue weighted by molar-refractivity contribution is 0.0547. The van der Waals surface area contributed by atoms with Crippen molar-refractivity contribution in [2.45, 2.75) is 45.3 Å². The predicted molar refractivity (Wildman–Crippen MR) is 68.1 cm³/mol. The van der Waals surface area contributed by atoms with Gasteiger partial charge in [0, 0.05) is 12.0 Å². The first-order valence-electron chi connectivity index (χ1n) is 6.06. The van der Waals surface area contributed by atoms with Crippen molar-refractivity contribution in [3.63, 3.8) is 0 Å². The summed E-state index contributed by atoms with van der Waals surface area (Å²) in [5.41, 5.74) is 0.0870. The molecule has 3 heteroatoms. The largest absolute Gasteiger partial charge is 0.493 e. The van der Waals surface area contributed by atoms with Crippen molar-refractivity contribution >= 4 is 0 Å². The van der Waals surface area contributed by atoms with Gasteiger partial charge in [0.25, 0.3) is 0 Å². The molecule has 0 spiro atoms. The first-order valence-corrected chi connectivity index (χ1v) is 6.06. The average Bonchev–Trinajstić information content (AvgIpc) is 2.27. The van der Waals surface area contributed by atoms with Gasteiger partial charge in [0.15, 0.2) is 0 Å². The minimum Gasteiger partial charge on any atom is -0.493 e. The maximum Gasteiger partial charge on any atom is 0.125 e. The van der Waals surface area contributed by atoms with E-state index >= 15 is 0 Å². The molecule has 3 nitrogen and oxygen atoms in total. The molecule has 0 aliphatic heterocycles. The molecule has 1 aromatic carbocycles. The van der Waals surface area contributed by atoms with Crippen LogP contribution >= 0.6 is 0 Å². The Morgan fingerprint density at radius 2 is 1.94 bits per heavy atom. The zero-order valence-electron chi connectivity index (χ0n) is 10.8. The minimum absolute atomic E-state index is 0.441. The summed E-state index contributed by atoms with van der Waals surface area (Å²) in [6.07, 6.45) is 0.725. The highest BCUT2D eigenvalue weighted by atomic mass is 16.5. The second-order valence-electron chi connectivity index (χ2n) is 4.87. The van der Waals surface area contributed by atoms with Crippen LogP contribution in [0.5, 0.6) is 5.75 Å². The van der Waals surface area contributed by atoms with E-state index in [4.69, 9.17) is 4.74 Å². The summed E-state index contributed by atoms with van der Waals surface area (Å²) >= 11 is 0. The molecule has 0 saturated carbocycles. The number of aliphatic hydroxyl groups excluding tert-OH is 1. The number of hydrogen-bond acceptors (Lipinski definition) is 3. The maximum absolute atomic E-state index is 9.84. The number of ether oxygens (including phenoxy) is 1. The highest BCUT2D eigenvalue weighted by molar-refractivity contribution is 5.34. The number of benzene rings is 1. The van der Waals surface area contributed by atoms with Crippen LogP contribution in [-0.4, -0.2) is 22.4 Å². The zero-order valence-corrected chi connectivity index (χ0v) is 10.8. The Morgan fingerprint density at radius 3 is 2.53 bits per heavy atom. The predicted octanol–water partition coefficient (Wildman–Crippen LogP) is 2.67. The van der Waals surface area contributed by atoms with E-state index in [2.05, 4.69) is 0 Å². The molecular formula is C14H22O3. The molecule has 0 heterocycles. The molecule has 0 aliphatic rings. The fraction of sp³-hybridized carbons (Fsp3) is 0.571. The molecule has 0 bridgehead atoms. The summed E-state index contributed by atoms with van der Waals surface area (Å²) in [5.74, 6) is 0.700. The van der Waals surface area contributed by atoms with Gasteiger partial charge < -0.3 is 14.9 Å². The van der Waals surface area contributed by atoms with Crippen LogP contribution in [0.25, 0.3) is 0 Å². The molecule has 0 fully saturated rings. The summed E-state index contributed by atoms with van der Waals surface area (Å²) in [4.78, 5) is 0. The van der Waals surface area contributed by atoms with Crippen LogP contribution in [0.3, 0.4) is 0 Å². The fourth-order valence-electron chi connectivity index (χ4n) is 1.52. The Labute approximate surface area is 103 Å². The van der Waals surface area contributed by atoms with Gasteiger partial charge in [-0.2, -0.15) is 0 Å². The van der Waals surface area contributed by atoms with E-state index in [1.54, 1.807) is 13.8 Å². The molecule has 2 N–H and O–H groups in total. The van der Waals surface area contributed by atoms with Crippen molar-refractivity contribution in [2.75, 3.05) is 6.61 Å². The number of aliphatic hydroxyl groups is 2. The van der Waals surface area contributed by atoms with Crippen LogP contribution in [0.15, 0.2) is 24.3 Å². The third-order valence-corrected chi connectivity index (χ3v) is 2.64. The lowest BCUT2D eigenvalue weighted by Crippen LogP contribution is -2.22. The second kappa shape index (κ2) is 6.03. The van der Waals surface area contributed by atoms with Gasteiger partial charge in [0.1, 0.15) is 5.75 Å². The van der Waals surface area contributed by atoms with Crippen LogP contribution in [0, 0.1) is 0 Å². The molecule has 0 aromatic heterocycles. The molecule has 1 aromatic rings. The molecule has 96 valence electrons. The van der Waals surface area contributed by atoms with Crippen molar-refractivity contribution in [1.82, 2.24) is 0 Å². The average molecular weight is 238 g/mol. The van der Waals surface area contributed by atoms with E-state index in [0.717, 1.165) is 5.56 Å². The van der Waals surface area contributed by atoms with Crippen LogP contribution < -0.4 is 4.74 Å². The van der Waals surface area contributed by atoms with Crippen molar-refractivity contribution < 1.29 is 14.9 Å². The van der Waals surface area contributed by atoms with Crippen LogP contribution in [0.4, 0.5) is 0 Å². The van der Waals surface area contributed by atoms with Gasteiger partial charge >= 0.3 is 0 Å². The Balaban J connectivity index is 2.64. The quantitative estimate of drug-likeness (QED) is 0.801. The molecule has 17 heavy (non-hydrogen) atoms. The Morgan fingerprint density at radius 1 is 1.29 bits per heavy atom. The molecule has 1 unspecified atom stereocenters. The van der Waals surface area contributed by atoms with Crippen LogP contribution in [-0.2, 0) is 0 Å². The third-order valence-electron chi connectivity index (χ3n) is 2.64. The molecule has 0 amide bonds. The van der Waals surface area contributed by atoms with E-state index in [9.17, 15) is 10.2 Å². The Hall–Kier alpha value is -1.06. The van der Waals surface area contributed by atoms with E-state index in [0.29, 0.717) is 25.2 Å². The first-order chi connectivity index (χ1) is 7.94. The summed E-state index contributed by atoms with van der Waals surface area (Å²) in [6, 6.07) is 7.48. The van der Waals surface area contributed by atoms with E-state index in [-0.39, 0.29) is 0 Å². The van der Waals surface area contributed by atoms with E-state index in [1.807, 2.05) is 31.2 Å². The Bertz CT molecular complexity index is 342. The third kappa shape index (κ3) is 4.75. The number of para-hydroxylation sites is 1. The topological polar surface area (TPSA) is 49.7 Å². The fourth-order valence-corrected chi connectivity index (χ4v) is 1.52. The van der Waals surface area contributed by atoms with Crippen LogP contribution in [0.2, 0.25) is 0 Å². The van der Waals surface area contributed by atoms with Gasteiger partial charge in [0.05, 0.1) is 18.3 Å². The molecule has 1 atom stereocenters. The van der Waals surface area contributed by atoms with Gasteiger partial charge in [-0.1, -0.05) is 25.1 Å². The minimum atomic E-state index is -0.724. The van der Waals surface area contributed by atoms with Gasteiger partial charge in [0.2, 0.25) is 0 Å². The SMILES string of the molecule is CCC(O)c1ccccc1OCCC(C)(C)O. The van der Waals surface area contributed by atoms with Gasteiger partial charge in [-0.25, -0.2) is 0 Å². The highest BCUT2D eigenvalue weighted by Crippen LogP contribution is 2.27. The molecular weight excluding hydrogens is 216 g/mol. The molecule has 0 aliphatic carbocycles. The van der Waals surface area contributed by atoms with Crippen LogP contribution in [0.1, 0.15) is 45.3 Å². The monoisotopic (exact) mass is 238 g/mol. The number of rotatable bonds is 6. The lowest BCUT2D eigenvalue weighted by atomic mass is 10.1. The standard InChI is InChI=1S/C14H22O3/c1-4-12(15)11-7-5-6-8-13(11)17-10-9-14(2,3)16/h5-8,12,15-16H,4,9-10H2,1-3H3. The maximum atomic E-state index is 9.84. The summed E-state index contributed by atoms with van der Waals surface area (Å²) in [5, 5.41) is 19.4. The highest BCUT2D eigenvalue weighted by Gasteiger charge is 2.14. The van der Waals surface area contributed by atoms with Gasteiger partial charge in [-0.05, 0) is 26.3 Å². The smallest absolute Gasteiger partial charge is 0.125 e. The van der Waals surface area contributed by atoms with E-state index < -0.39 is 11.7 Å². The first kappa shape index (κ1) is 14.0. The summed E-state index contributed by atoms with van der Waals surface area (Å²) in [7, 11) is 0. The van der Waals surface area contributed by atoms with Crippen molar-refractivity contribution in [3.8, 4) is 5.75 Å². The molecule has 1 rings (SSSR count). The summed E-state index contributed by atoms with van der Waals surface area (Å²) in [6.45, 7) is 5.88. The lowest BCUT2D eigenvalue weighted by Gasteiger charge is -2.19. The zero-order chi connectivity index (χ0) is 12.9. The number of hydrogen-bond donors (Lipinski definition) is 2. The van der Waals surface area contributed by atoms with Gasteiger partial charge in [-0.15, -0.1) is 0 Å². The second-order valence-corrected chi connectivity index (χ2v) is 4.87. The molecule has 0 saturated heterocycles. The Kier molecular flexibility index (Phi) is 4.97. The van der Waals surface area contributed by atoms with Crippen molar-refractivity contribution in [1.29, 1.82) is 0 Å². The summed E-state index contributed by atoms with van der Waals surface area (Å²) < 4.78 is 5.62.